The molecule has 0 fully saturated rings. The molecule has 0 atom stereocenters. The van der Waals surface area contributed by atoms with Crippen LogP contribution in [0.1, 0.15) is 49.4 Å². The minimum absolute atomic E-state index is 0.0229. The van der Waals surface area contributed by atoms with Crippen molar-refractivity contribution in [2.75, 3.05) is 20.8 Å². The van der Waals surface area contributed by atoms with Gasteiger partial charge in [0.15, 0.2) is 0 Å². The van der Waals surface area contributed by atoms with Crippen molar-refractivity contribution in [3.8, 4) is 23.0 Å². The van der Waals surface area contributed by atoms with Gasteiger partial charge in [-0.25, -0.2) is 13.6 Å². The van der Waals surface area contributed by atoms with Crippen LogP contribution in [0.4, 0.5) is 8.78 Å². The number of carbonyl (C=O) groups excluding carboxylic acids is 1. The Morgan fingerprint density at radius 2 is 1.47 bits per heavy atom. The van der Waals surface area contributed by atoms with Crippen LogP contribution in [-0.4, -0.2) is 42.6 Å². The van der Waals surface area contributed by atoms with E-state index in [2.05, 4.69) is 0 Å². The Balaban J connectivity index is 1.61. The van der Waals surface area contributed by atoms with Gasteiger partial charge in [-0.05, 0) is 61.4 Å². The molecule has 0 saturated carbocycles. The molecule has 1 N–H and O–H groups in total. The number of hydrogen-bond donors (Lipinski definition) is 1. The van der Waals surface area contributed by atoms with Crippen molar-refractivity contribution in [1.29, 1.82) is 0 Å². The lowest BCUT2D eigenvalue weighted by atomic mass is 10.0. The highest BCUT2D eigenvalue weighted by Crippen LogP contribution is 2.34. The van der Waals surface area contributed by atoms with E-state index in [-0.39, 0.29) is 35.5 Å². The number of benzene rings is 4. The lowest BCUT2D eigenvalue weighted by molar-refractivity contribution is -0.0208. The Morgan fingerprint density at radius 1 is 0.837 bits per heavy atom. The monoisotopic (exact) mass is 589 g/mol. The van der Waals surface area contributed by atoms with Gasteiger partial charge in [0.2, 0.25) is 0 Å². The van der Waals surface area contributed by atoms with Gasteiger partial charge in [-0.15, -0.1) is 0 Å². The number of methoxy groups -OCH3 is 2. The third-order valence-corrected chi connectivity index (χ3v) is 7.07. The molecule has 224 valence electrons. The van der Waals surface area contributed by atoms with Gasteiger partial charge in [0.1, 0.15) is 28.6 Å². The molecule has 1 amide bonds. The van der Waals surface area contributed by atoms with E-state index in [1.54, 1.807) is 73.7 Å². The summed E-state index contributed by atoms with van der Waals surface area (Å²) in [5.74, 6) is -3.27. The summed E-state index contributed by atoms with van der Waals surface area (Å²) in [5.41, 5.74) is 2.34. The second kappa shape index (κ2) is 13.4. The predicted molar refractivity (Wildman–Crippen MR) is 159 cm³/mol. The molecular formula is C34H33F2NO6. The highest BCUT2D eigenvalue weighted by atomic mass is 19.3. The van der Waals surface area contributed by atoms with Gasteiger partial charge in [-0.1, -0.05) is 48.5 Å². The van der Waals surface area contributed by atoms with Crippen LogP contribution < -0.4 is 14.2 Å². The molecule has 0 aliphatic carbocycles. The molecule has 0 aliphatic rings. The van der Waals surface area contributed by atoms with Crippen LogP contribution in [0.5, 0.6) is 23.0 Å². The molecule has 0 unspecified atom stereocenters. The third-order valence-electron chi connectivity index (χ3n) is 7.07. The third kappa shape index (κ3) is 7.48. The van der Waals surface area contributed by atoms with E-state index in [1.165, 1.54) is 37.3 Å². The summed E-state index contributed by atoms with van der Waals surface area (Å²) in [5, 5.41) is 9.50. The molecule has 9 heteroatoms. The van der Waals surface area contributed by atoms with Gasteiger partial charge in [0.25, 0.3) is 11.8 Å². The average Bonchev–Trinajstić information content (AvgIpc) is 3.00. The normalized spacial score (nSPS) is 11.1. The largest absolute Gasteiger partial charge is 0.496 e. The number of carboxylic acids is 1. The second-order valence-corrected chi connectivity index (χ2v) is 10.1. The fourth-order valence-electron chi connectivity index (χ4n) is 4.65. The molecule has 4 aromatic rings. The van der Waals surface area contributed by atoms with Gasteiger partial charge in [0.05, 0.1) is 14.2 Å². The zero-order valence-corrected chi connectivity index (χ0v) is 24.4. The number of amides is 1. The molecule has 0 aliphatic heterocycles. The quantitative estimate of drug-likeness (QED) is 0.183. The van der Waals surface area contributed by atoms with E-state index < -0.39 is 24.2 Å². The summed E-state index contributed by atoms with van der Waals surface area (Å²) in [6.45, 7) is 3.42. The smallest absolute Gasteiger partial charge is 0.339 e. The van der Waals surface area contributed by atoms with E-state index in [4.69, 9.17) is 14.2 Å². The molecule has 0 bridgehead atoms. The van der Waals surface area contributed by atoms with E-state index in [9.17, 15) is 14.7 Å². The number of alkyl halides is 2. The zero-order chi connectivity index (χ0) is 31.1. The van der Waals surface area contributed by atoms with Crippen LogP contribution in [-0.2, 0) is 12.5 Å². The van der Waals surface area contributed by atoms with Crippen molar-refractivity contribution in [2.45, 2.75) is 32.7 Å². The number of aromatic carboxylic acids is 1. The molecule has 4 rings (SSSR count). The van der Waals surface area contributed by atoms with Crippen molar-refractivity contribution in [3.05, 3.63) is 118 Å². The summed E-state index contributed by atoms with van der Waals surface area (Å²) in [6, 6.07) is 22.1. The number of rotatable bonds is 12. The number of carboxylic acid groups (broad SMARTS) is 1. The maximum Gasteiger partial charge on any atom is 0.339 e. The van der Waals surface area contributed by atoms with Crippen LogP contribution in [0.25, 0.3) is 0 Å². The van der Waals surface area contributed by atoms with Gasteiger partial charge in [-0.3, -0.25) is 4.79 Å². The molecule has 4 aromatic carbocycles. The van der Waals surface area contributed by atoms with Crippen LogP contribution in [0, 0.1) is 13.8 Å². The summed E-state index contributed by atoms with van der Waals surface area (Å²) in [7, 11) is 2.96. The first-order chi connectivity index (χ1) is 20.5. The molecule has 0 aromatic heterocycles. The van der Waals surface area contributed by atoms with Crippen molar-refractivity contribution in [2.24, 2.45) is 0 Å². The Bertz CT molecular complexity index is 1560. The summed E-state index contributed by atoms with van der Waals surface area (Å²) in [6.07, 6.45) is -0.588. The number of ether oxygens (including phenoxy) is 3. The van der Waals surface area contributed by atoms with Crippen LogP contribution in [0.2, 0.25) is 0 Å². The van der Waals surface area contributed by atoms with Gasteiger partial charge in [0, 0.05) is 36.2 Å². The predicted octanol–water partition coefficient (Wildman–Crippen LogP) is 7.64. The average molecular weight is 590 g/mol. The summed E-state index contributed by atoms with van der Waals surface area (Å²) in [4.78, 5) is 26.8. The maximum atomic E-state index is 15.2. The number of aryl methyl sites for hydroxylation is 1. The zero-order valence-electron chi connectivity index (χ0n) is 24.4. The minimum Gasteiger partial charge on any atom is -0.496 e. The highest BCUT2D eigenvalue weighted by molar-refractivity contribution is 5.95. The fraction of sp³-hybridized carbons (Fsp3) is 0.235. The van der Waals surface area contributed by atoms with Gasteiger partial charge >= 0.3 is 5.97 Å². The Hall–Kier alpha value is -4.92. The van der Waals surface area contributed by atoms with E-state index >= 15 is 8.78 Å². The van der Waals surface area contributed by atoms with Gasteiger partial charge < -0.3 is 24.2 Å². The number of hydrogen-bond acceptors (Lipinski definition) is 5. The lowest BCUT2D eigenvalue weighted by Gasteiger charge is -2.26. The van der Waals surface area contributed by atoms with Gasteiger partial charge in [-0.2, -0.15) is 0 Å². The van der Waals surface area contributed by atoms with E-state index in [1.807, 2.05) is 6.92 Å². The first kappa shape index (κ1) is 31.0. The fourth-order valence-corrected chi connectivity index (χ4v) is 4.65. The second-order valence-electron chi connectivity index (χ2n) is 10.1. The van der Waals surface area contributed by atoms with Crippen molar-refractivity contribution < 1.29 is 37.7 Å². The Labute approximate surface area is 249 Å². The number of halogens is 2. The molecule has 0 heterocycles. The first-order valence-electron chi connectivity index (χ1n) is 13.6. The van der Waals surface area contributed by atoms with Crippen molar-refractivity contribution in [1.82, 2.24) is 4.90 Å². The highest BCUT2D eigenvalue weighted by Gasteiger charge is 2.33. The molecule has 0 saturated heterocycles. The summed E-state index contributed by atoms with van der Waals surface area (Å²) >= 11 is 0. The molecule has 0 spiro atoms. The van der Waals surface area contributed by atoms with Crippen LogP contribution in [0.3, 0.4) is 0 Å². The van der Waals surface area contributed by atoms with E-state index in [0.717, 1.165) is 5.56 Å². The van der Waals surface area contributed by atoms with E-state index in [0.29, 0.717) is 28.4 Å². The van der Waals surface area contributed by atoms with Crippen LogP contribution in [0.15, 0.2) is 84.9 Å². The Morgan fingerprint density at radius 3 is 2.05 bits per heavy atom. The summed E-state index contributed by atoms with van der Waals surface area (Å²) < 4.78 is 47.0. The standard InChI is InChI=1S/C34H33F2NO6/c1-22-10-15-28(33(39)40)31(18-22)43-27-13-11-24(12-14-27)21-37(17-16-34(35,36)26-8-6-5-7-9-26)32(38)25-19-29(41-3)23(2)30(20-25)42-4/h5-15,18-20H,16-17,21H2,1-4H3,(H,39,40). The Kier molecular flexibility index (Phi) is 9.65. The lowest BCUT2D eigenvalue weighted by Crippen LogP contribution is -2.34. The van der Waals surface area contributed by atoms with Crippen molar-refractivity contribution in [3.63, 3.8) is 0 Å². The topological polar surface area (TPSA) is 85.3 Å². The molecule has 0 radical (unpaired) electrons. The first-order valence-corrected chi connectivity index (χ1v) is 13.6. The molecular weight excluding hydrogens is 556 g/mol. The molecule has 7 nitrogen and oxygen atoms in total. The minimum atomic E-state index is -3.16. The number of nitrogens with zero attached hydrogens (tertiary/aromatic N) is 1. The molecule has 43 heavy (non-hydrogen) atoms. The maximum absolute atomic E-state index is 15.2. The van der Waals surface area contributed by atoms with Crippen LogP contribution >= 0.6 is 0 Å². The number of carbonyl (C=O) groups is 2. The van der Waals surface area contributed by atoms with Crippen molar-refractivity contribution >= 4 is 11.9 Å². The SMILES string of the molecule is COc1cc(C(=O)N(CCC(F)(F)c2ccccc2)Cc2ccc(Oc3cc(C)ccc3C(=O)O)cc2)cc(OC)c1C.